The molecule has 23 heavy (non-hydrogen) atoms. The maximum atomic E-state index is 12.1. The number of carbonyl (C=O) groups is 1. The lowest BCUT2D eigenvalue weighted by Crippen LogP contribution is -2.44. The molecule has 0 fully saturated rings. The second-order valence-corrected chi connectivity index (χ2v) is 6.50. The summed E-state index contributed by atoms with van der Waals surface area (Å²) in [6, 6.07) is 3.65. The smallest absolute Gasteiger partial charge is 0.246 e. The number of aliphatic hydroxyl groups excluding tert-OH is 1. The fraction of sp³-hybridized carbons (Fsp3) is 0.353. The highest BCUT2D eigenvalue weighted by atomic mass is 32.1. The third kappa shape index (κ3) is 4.24. The predicted molar refractivity (Wildman–Crippen MR) is 91.8 cm³/mol. The van der Waals surface area contributed by atoms with Crippen molar-refractivity contribution in [2.24, 2.45) is 5.92 Å². The number of amides is 1. The Balaban J connectivity index is 2.19. The van der Waals surface area contributed by atoms with Gasteiger partial charge in [0, 0.05) is 24.5 Å². The van der Waals surface area contributed by atoms with Gasteiger partial charge in [-0.25, -0.2) is 9.97 Å². The molecule has 0 unspecified atom stereocenters. The molecule has 1 atom stereocenters. The molecule has 0 saturated heterocycles. The number of rotatable bonds is 7. The van der Waals surface area contributed by atoms with Crippen LogP contribution in [0.5, 0.6) is 0 Å². The predicted octanol–water partition coefficient (Wildman–Crippen LogP) is 2.74. The Kier molecular flexibility index (Phi) is 6.01. The zero-order chi connectivity index (χ0) is 16.8. The largest absolute Gasteiger partial charge is 0.394 e. The van der Waals surface area contributed by atoms with Gasteiger partial charge in [-0.1, -0.05) is 26.5 Å². The standard InChI is InChI=1S/C17H21N3O2S/c1-4-16(22)20(14(11-21)12(2)3)10-13-8-18-17(19-9-13)15-6-5-7-23-15/h4-9,12,14,21H,1,10-11H2,2-3H3/t14-/m1/s1. The van der Waals surface area contributed by atoms with Crippen LogP contribution in [0.25, 0.3) is 10.7 Å². The lowest BCUT2D eigenvalue weighted by atomic mass is 10.0. The van der Waals surface area contributed by atoms with Crippen molar-refractivity contribution in [1.29, 1.82) is 0 Å². The highest BCUT2D eigenvalue weighted by Gasteiger charge is 2.24. The molecule has 0 aliphatic heterocycles. The third-order valence-electron chi connectivity index (χ3n) is 3.61. The van der Waals surface area contributed by atoms with E-state index in [2.05, 4.69) is 16.5 Å². The fourth-order valence-electron chi connectivity index (χ4n) is 2.31. The number of nitrogens with zero attached hydrogens (tertiary/aromatic N) is 3. The molecule has 0 aliphatic rings. The van der Waals surface area contributed by atoms with Gasteiger partial charge >= 0.3 is 0 Å². The van der Waals surface area contributed by atoms with E-state index in [0.717, 1.165) is 10.4 Å². The van der Waals surface area contributed by atoms with Crippen molar-refractivity contribution in [2.75, 3.05) is 6.61 Å². The Morgan fingerprint density at radius 3 is 2.61 bits per heavy atom. The van der Waals surface area contributed by atoms with Gasteiger partial charge < -0.3 is 10.0 Å². The maximum Gasteiger partial charge on any atom is 0.246 e. The van der Waals surface area contributed by atoms with Crippen molar-refractivity contribution in [1.82, 2.24) is 14.9 Å². The van der Waals surface area contributed by atoms with Crippen LogP contribution in [0.3, 0.4) is 0 Å². The average molecular weight is 331 g/mol. The number of hydrogen-bond donors (Lipinski definition) is 1. The molecule has 6 heteroatoms. The van der Waals surface area contributed by atoms with E-state index >= 15 is 0 Å². The van der Waals surface area contributed by atoms with E-state index in [-0.39, 0.29) is 24.5 Å². The summed E-state index contributed by atoms with van der Waals surface area (Å²) in [4.78, 5) is 23.5. The van der Waals surface area contributed by atoms with Crippen molar-refractivity contribution in [3.05, 3.63) is 48.1 Å². The Morgan fingerprint density at radius 1 is 1.43 bits per heavy atom. The van der Waals surface area contributed by atoms with E-state index < -0.39 is 0 Å². The van der Waals surface area contributed by atoms with E-state index in [0.29, 0.717) is 12.4 Å². The Bertz CT molecular complexity index is 638. The van der Waals surface area contributed by atoms with Gasteiger partial charge in [0.2, 0.25) is 5.91 Å². The first-order valence-corrected chi connectivity index (χ1v) is 8.33. The minimum absolute atomic E-state index is 0.0919. The molecule has 1 amide bonds. The molecule has 2 aromatic heterocycles. The van der Waals surface area contributed by atoms with E-state index in [1.807, 2.05) is 31.4 Å². The van der Waals surface area contributed by atoms with Crippen LogP contribution in [0.2, 0.25) is 0 Å². The molecule has 5 nitrogen and oxygen atoms in total. The summed E-state index contributed by atoms with van der Waals surface area (Å²) in [6.45, 7) is 7.74. The van der Waals surface area contributed by atoms with Gasteiger partial charge in [-0.15, -0.1) is 11.3 Å². The van der Waals surface area contributed by atoms with Gasteiger partial charge in [0.15, 0.2) is 5.82 Å². The molecule has 122 valence electrons. The number of aromatic nitrogens is 2. The zero-order valence-electron chi connectivity index (χ0n) is 13.3. The van der Waals surface area contributed by atoms with Gasteiger partial charge in [0.1, 0.15) is 0 Å². The van der Waals surface area contributed by atoms with Gasteiger partial charge in [0.25, 0.3) is 0 Å². The Hall–Kier alpha value is -2.05. The lowest BCUT2D eigenvalue weighted by molar-refractivity contribution is -0.131. The molecular formula is C17H21N3O2S. The molecule has 2 aromatic rings. The molecule has 0 aromatic carbocycles. The Labute approximate surface area is 140 Å². The van der Waals surface area contributed by atoms with Gasteiger partial charge in [-0.2, -0.15) is 0 Å². The van der Waals surface area contributed by atoms with Crippen molar-refractivity contribution in [3.8, 4) is 10.7 Å². The summed E-state index contributed by atoms with van der Waals surface area (Å²) in [5.41, 5.74) is 0.819. The van der Waals surface area contributed by atoms with Gasteiger partial charge in [-0.3, -0.25) is 4.79 Å². The second kappa shape index (κ2) is 7.99. The highest BCUT2D eigenvalue weighted by Crippen LogP contribution is 2.21. The van der Waals surface area contributed by atoms with Crippen LogP contribution < -0.4 is 0 Å². The number of thiophene rings is 1. The first kappa shape index (κ1) is 17.3. The van der Waals surface area contributed by atoms with Crippen LogP contribution in [0.4, 0.5) is 0 Å². The monoisotopic (exact) mass is 331 g/mol. The first-order valence-electron chi connectivity index (χ1n) is 7.45. The molecule has 2 heterocycles. The van der Waals surface area contributed by atoms with Crippen molar-refractivity contribution >= 4 is 17.2 Å². The quantitative estimate of drug-likeness (QED) is 0.792. The van der Waals surface area contributed by atoms with Crippen molar-refractivity contribution < 1.29 is 9.90 Å². The van der Waals surface area contributed by atoms with Crippen LogP contribution in [0.15, 0.2) is 42.6 Å². The summed E-state index contributed by atoms with van der Waals surface area (Å²) in [5, 5.41) is 11.6. The van der Waals surface area contributed by atoms with Gasteiger partial charge in [-0.05, 0) is 23.4 Å². The second-order valence-electron chi connectivity index (χ2n) is 5.56. The lowest BCUT2D eigenvalue weighted by Gasteiger charge is -2.32. The summed E-state index contributed by atoms with van der Waals surface area (Å²) in [6.07, 6.45) is 4.71. The summed E-state index contributed by atoms with van der Waals surface area (Å²) in [5.74, 6) is 0.600. The molecule has 1 N–H and O–H groups in total. The van der Waals surface area contributed by atoms with E-state index in [1.165, 1.54) is 6.08 Å². The third-order valence-corrected chi connectivity index (χ3v) is 4.48. The first-order chi connectivity index (χ1) is 11.1. The number of aliphatic hydroxyl groups is 1. The zero-order valence-corrected chi connectivity index (χ0v) is 14.2. The molecule has 0 radical (unpaired) electrons. The average Bonchev–Trinajstić information content (AvgIpc) is 3.08. The Morgan fingerprint density at radius 2 is 2.13 bits per heavy atom. The number of hydrogen-bond acceptors (Lipinski definition) is 5. The minimum atomic E-state index is -0.266. The molecular weight excluding hydrogens is 310 g/mol. The SMILES string of the molecule is C=CC(=O)N(Cc1cnc(-c2cccs2)nc1)[C@H](CO)C(C)C. The van der Waals surface area contributed by atoms with E-state index in [1.54, 1.807) is 28.6 Å². The van der Waals surface area contributed by atoms with Crippen LogP contribution in [-0.2, 0) is 11.3 Å². The summed E-state index contributed by atoms with van der Waals surface area (Å²) >= 11 is 1.58. The van der Waals surface area contributed by atoms with Gasteiger partial charge in [0.05, 0.1) is 17.5 Å². The number of carbonyl (C=O) groups excluding carboxylic acids is 1. The van der Waals surface area contributed by atoms with Crippen LogP contribution in [0.1, 0.15) is 19.4 Å². The molecule has 0 aliphatic carbocycles. The van der Waals surface area contributed by atoms with E-state index in [4.69, 9.17) is 0 Å². The summed E-state index contributed by atoms with van der Waals surface area (Å²) in [7, 11) is 0. The fourth-order valence-corrected chi connectivity index (χ4v) is 2.98. The molecule has 0 bridgehead atoms. The van der Waals surface area contributed by atoms with Crippen LogP contribution in [-0.4, -0.2) is 38.5 Å². The van der Waals surface area contributed by atoms with Crippen molar-refractivity contribution in [2.45, 2.75) is 26.4 Å². The molecule has 0 saturated carbocycles. The van der Waals surface area contributed by atoms with Crippen molar-refractivity contribution in [3.63, 3.8) is 0 Å². The van der Waals surface area contributed by atoms with Crippen LogP contribution in [0, 0.1) is 5.92 Å². The maximum absolute atomic E-state index is 12.1. The van der Waals surface area contributed by atoms with E-state index in [9.17, 15) is 9.90 Å². The highest BCUT2D eigenvalue weighted by molar-refractivity contribution is 7.13. The van der Waals surface area contributed by atoms with Crippen LogP contribution >= 0.6 is 11.3 Å². The molecule has 0 spiro atoms. The minimum Gasteiger partial charge on any atom is -0.394 e. The molecule has 2 rings (SSSR count). The topological polar surface area (TPSA) is 66.3 Å². The normalized spacial score (nSPS) is 12.2. The summed E-state index contributed by atoms with van der Waals surface area (Å²) < 4.78 is 0.